The molecule has 3 N–H and O–H groups in total. The zero-order chi connectivity index (χ0) is 12.1. The Morgan fingerprint density at radius 1 is 1.40 bits per heavy atom. The summed E-state index contributed by atoms with van der Waals surface area (Å²) in [6.45, 7) is 1.47. The number of carbonyl (C=O) groups excluding carboxylic acids is 1. The summed E-state index contributed by atoms with van der Waals surface area (Å²) < 4.78 is 39.1. The van der Waals surface area contributed by atoms with Crippen molar-refractivity contribution in [2.45, 2.75) is 25.6 Å². The molecule has 1 amide bonds. The molecule has 15 heavy (non-hydrogen) atoms. The number of rotatable bonds is 5. The minimum Gasteiger partial charge on any atom is -0.362 e. The molecule has 0 saturated heterocycles. The predicted octanol–water partition coefficient (Wildman–Crippen LogP) is 0.419. The van der Waals surface area contributed by atoms with Gasteiger partial charge in [0.05, 0.1) is 0 Å². The summed E-state index contributed by atoms with van der Waals surface area (Å²) in [6, 6.07) is 0. The third kappa shape index (κ3) is 8.19. The van der Waals surface area contributed by atoms with Crippen LogP contribution in [-0.4, -0.2) is 37.4 Å². The largest absolute Gasteiger partial charge is 0.411 e. The van der Waals surface area contributed by atoms with Crippen molar-refractivity contribution in [3.05, 3.63) is 0 Å². The predicted molar refractivity (Wildman–Crippen MR) is 48.2 cm³/mol. The molecular formula is C8H15F3N2O2. The minimum absolute atomic E-state index is 0.192. The van der Waals surface area contributed by atoms with E-state index >= 15 is 0 Å². The van der Waals surface area contributed by atoms with Crippen LogP contribution in [0.3, 0.4) is 0 Å². The van der Waals surface area contributed by atoms with Crippen LogP contribution in [0.4, 0.5) is 13.2 Å². The van der Waals surface area contributed by atoms with Crippen LogP contribution >= 0.6 is 0 Å². The highest BCUT2D eigenvalue weighted by molar-refractivity contribution is 5.77. The number of nitrogens with two attached hydrogens (primary N) is 1. The number of amides is 1. The quantitative estimate of drug-likeness (QED) is 0.716. The molecule has 90 valence electrons. The fourth-order valence-corrected chi connectivity index (χ4v) is 0.724. The zero-order valence-electron chi connectivity index (χ0n) is 8.65. The molecule has 0 aromatic heterocycles. The first-order valence-electron chi connectivity index (χ1n) is 4.32. The van der Waals surface area contributed by atoms with Gasteiger partial charge in [0.15, 0.2) is 0 Å². The van der Waals surface area contributed by atoms with E-state index in [2.05, 4.69) is 10.1 Å². The van der Waals surface area contributed by atoms with E-state index in [0.29, 0.717) is 0 Å². The fourth-order valence-electron chi connectivity index (χ4n) is 0.724. The molecule has 0 aliphatic heterocycles. The van der Waals surface area contributed by atoms with Gasteiger partial charge in [0.1, 0.15) is 13.2 Å². The summed E-state index contributed by atoms with van der Waals surface area (Å²) in [5.41, 5.74) is 4.68. The van der Waals surface area contributed by atoms with Crippen LogP contribution in [0.2, 0.25) is 0 Å². The van der Waals surface area contributed by atoms with Gasteiger partial charge in [0, 0.05) is 12.1 Å². The first-order chi connectivity index (χ1) is 6.66. The van der Waals surface area contributed by atoms with Gasteiger partial charge < -0.3 is 15.8 Å². The molecule has 0 unspecified atom stereocenters. The molecule has 0 fully saturated rings. The molecule has 0 bridgehead atoms. The smallest absolute Gasteiger partial charge is 0.362 e. The number of nitrogens with one attached hydrogen (secondary N) is 1. The Hall–Kier alpha value is -0.820. The third-order valence-corrected chi connectivity index (χ3v) is 1.49. The second-order valence-electron chi connectivity index (χ2n) is 3.74. The molecule has 0 rings (SSSR count). The number of hydrogen-bond donors (Lipinski definition) is 2. The number of carbonyl (C=O) groups is 1. The molecular weight excluding hydrogens is 213 g/mol. The average Bonchev–Trinajstić information content (AvgIpc) is 2.00. The van der Waals surface area contributed by atoms with E-state index < -0.39 is 30.8 Å². The second-order valence-corrected chi connectivity index (χ2v) is 3.74. The SMILES string of the molecule is CC(C)(CN)NC(=O)COCC(F)(F)F. The standard InChI is InChI=1S/C8H15F3N2O2/c1-7(2,4-12)13-6(14)3-15-5-8(9,10)11/h3-5,12H2,1-2H3,(H,13,14). The third-order valence-electron chi connectivity index (χ3n) is 1.49. The Bertz CT molecular complexity index is 216. The van der Waals surface area contributed by atoms with Crippen molar-refractivity contribution < 1.29 is 22.7 Å². The summed E-state index contributed by atoms with van der Waals surface area (Å²) in [4.78, 5) is 11.0. The summed E-state index contributed by atoms with van der Waals surface area (Å²) in [5.74, 6) is -0.616. The van der Waals surface area contributed by atoms with Gasteiger partial charge in [-0.15, -0.1) is 0 Å². The Balaban J connectivity index is 3.77. The zero-order valence-corrected chi connectivity index (χ0v) is 8.65. The number of alkyl halides is 3. The van der Waals surface area contributed by atoms with Crippen LogP contribution in [0.15, 0.2) is 0 Å². The first kappa shape index (κ1) is 14.2. The normalized spacial score (nSPS) is 12.7. The maximum absolute atomic E-state index is 11.6. The highest BCUT2D eigenvalue weighted by Gasteiger charge is 2.28. The molecule has 0 spiro atoms. The lowest BCUT2D eigenvalue weighted by Crippen LogP contribution is -2.50. The molecule has 0 heterocycles. The Morgan fingerprint density at radius 3 is 2.33 bits per heavy atom. The van der Waals surface area contributed by atoms with E-state index in [-0.39, 0.29) is 6.54 Å². The lowest BCUT2D eigenvalue weighted by molar-refractivity contribution is -0.175. The van der Waals surface area contributed by atoms with Crippen LogP contribution < -0.4 is 11.1 Å². The lowest BCUT2D eigenvalue weighted by Gasteiger charge is -2.24. The topological polar surface area (TPSA) is 64.3 Å². The van der Waals surface area contributed by atoms with Crippen molar-refractivity contribution in [1.29, 1.82) is 0 Å². The molecule has 0 aromatic rings. The molecule has 0 atom stereocenters. The van der Waals surface area contributed by atoms with Gasteiger partial charge >= 0.3 is 6.18 Å². The van der Waals surface area contributed by atoms with Gasteiger partial charge in [-0.25, -0.2) is 0 Å². The van der Waals surface area contributed by atoms with Crippen molar-refractivity contribution in [3.63, 3.8) is 0 Å². The van der Waals surface area contributed by atoms with Gasteiger partial charge in [-0.3, -0.25) is 4.79 Å². The highest BCUT2D eigenvalue weighted by Crippen LogP contribution is 2.14. The molecule has 4 nitrogen and oxygen atoms in total. The van der Waals surface area contributed by atoms with E-state index in [9.17, 15) is 18.0 Å². The van der Waals surface area contributed by atoms with Crippen LogP contribution in [0.1, 0.15) is 13.8 Å². The van der Waals surface area contributed by atoms with Crippen LogP contribution in [0, 0.1) is 0 Å². The maximum Gasteiger partial charge on any atom is 0.411 e. The van der Waals surface area contributed by atoms with Crippen molar-refractivity contribution in [2.75, 3.05) is 19.8 Å². The molecule has 0 radical (unpaired) electrons. The van der Waals surface area contributed by atoms with Crippen LogP contribution in [0.25, 0.3) is 0 Å². The summed E-state index contributed by atoms with van der Waals surface area (Å²) in [7, 11) is 0. The molecule has 0 aliphatic rings. The van der Waals surface area contributed by atoms with Gasteiger partial charge in [0.25, 0.3) is 0 Å². The first-order valence-corrected chi connectivity index (χ1v) is 4.32. The number of hydrogen-bond acceptors (Lipinski definition) is 3. The van der Waals surface area contributed by atoms with Crippen LogP contribution in [-0.2, 0) is 9.53 Å². The van der Waals surface area contributed by atoms with E-state index in [0.717, 1.165) is 0 Å². The Labute approximate surface area is 86.0 Å². The van der Waals surface area contributed by atoms with Gasteiger partial charge in [-0.05, 0) is 13.8 Å². The summed E-state index contributed by atoms with van der Waals surface area (Å²) >= 11 is 0. The second kappa shape index (κ2) is 5.32. The van der Waals surface area contributed by atoms with Gasteiger partial charge in [-0.2, -0.15) is 13.2 Å². The van der Waals surface area contributed by atoms with E-state index in [1.165, 1.54) is 0 Å². The number of ether oxygens (including phenoxy) is 1. The fraction of sp³-hybridized carbons (Fsp3) is 0.875. The molecule has 0 saturated carbocycles. The van der Waals surface area contributed by atoms with Gasteiger partial charge in [-0.1, -0.05) is 0 Å². The maximum atomic E-state index is 11.6. The highest BCUT2D eigenvalue weighted by atomic mass is 19.4. The lowest BCUT2D eigenvalue weighted by atomic mass is 10.1. The Kier molecular flexibility index (Phi) is 5.02. The summed E-state index contributed by atoms with van der Waals surface area (Å²) in [6.07, 6.45) is -4.41. The minimum atomic E-state index is -4.41. The van der Waals surface area contributed by atoms with Crippen molar-refractivity contribution in [1.82, 2.24) is 5.32 Å². The molecule has 7 heteroatoms. The van der Waals surface area contributed by atoms with Crippen molar-refractivity contribution >= 4 is 5.91 Å². The van der Waals surface area contributed by atoms with Crippen molar-refractivity contribution in [3.8, 4) is 0 Å². The Morgan fingerprint density at radius 2 is 1.93 bits per heavy atom. The van der Waals surface area contributed by atoms with Crippen molar-refractivity contribution in [2.24, 2.45) is 5.73 Å². The van der Waals surface area contributed by atoms with Gasteiger partial charge in [0.2, 0.25) is 5.91 Å². The number of halogens is 3. The van der Waals surface area contributed by atoms with Crippen LogP contribution in [0.5, 0.6) is 0 Å². The van der Waals surface area contributed by atoms with E-state index in [1.54, 1.807) is 13.8 Å². The van der Waals surface area contributed by atoms with E-state index in [1.807, 2.05) is 0 Å². The summed E-state index contributed by atoms with van der Waals surface area (Å²) in [5, 5.41) is 2.44. The molecule has 0 aromatic carbocycles. The molecule has 0 aliphatic carbocycles. The average molecular weight is 228 g/mol. The monoisotopic (exact) mass is 228 g/mol. The van der Waals surface area contributed by atoms with E-state index in [4.69, 9.17) is 5.73 Å².